The lowest BCUT2D eigenvalue weighted by atomic mass is 10.3. The van der Waals surface area contributed by atoms with Crippen LogP contribution < -0.4 is 10.1 Å². The summed E-state index contributed by atoms with van der Waals surface area (Å²) in [6, 6.07) is 9.56. The first-order valence-electron chi connectivity index (χ1n) is 7.02. The van der Waals surface area contributed by atoms with E-state index >= 15 is 0 Å². The number of hydrogen-bond acceptors (Lipinski definition) is 4. The molecule has 0 spiro atoms. The van der Waals surface area contributed by atoms with Crippen molar-refractivity contribution in [1.29, 1.82) is 0 Å². The Morgan fingerprint density at radius 1 is 1.35 bits per heavy atom. The molecule has 0 bridgehead atoms. The van der Waals surface area contributed by atoms with Crippen molar-refractivity contribution in [3.63, 3.8) is 0 Å². The van der Waals surface area contributed by atoms with Crippen LogP contribution in [-0.2, 0) is 4.79 Å². The molecule has 0 unspecified atom stereocenters. The van der Waals surface area contributed by atoms with Crippen LogP contribution in [0.15, 0.2) is 42.6 Å². The van der Waals surface area contributed by atoms with Gasteiger partial charge in [-0.2, -0.15) is 0 Å². The first kappa shape index (κ1) is 17.2. The number of ether oxygens (including phenoxy) is 1. The van der Waals surface area contributed by atoms with Crippen LogP contribution in [0.5, 0.6) is 5.75 Å². The van der Waals surface area contributed by atoms with E-state index in [2.05, 4.69) is 10.3 Å². The van der Waals surface area contributed by atoms with Gasteiger partial charge < -0.3 is 10.1 Å². The van der Waals surface area contributed by atoms with Crippen molar-refractivity contribution in [2.24, 2.45) is 0 Å². The predicted octanol–water partition coefficient (Wildman–Crippen LogP) is 2.82. The highest BCUT2D eigenvalue weighted by atomic mass is 35.5. The van der Waals surface area contributed by atoms with Gasteiger partial charge in [-0.05, 0) is 31.3 Å². The molecular formula is C16H17ClFN3O2. The van der Waals surface area contributed by atoms with Gasteiger partial charge in [-0.1, -0.05) is 23.7 Å². The van der Waals surface area contributed by atoms with Crippen molar-refractivity contribution in [3.05, 3.63) is 53.6 Å². The number of carbonyl (C=O) groups excluding carboxylic acids is 1. The normalized spacial score (nSPS) is 10.6. The van der Waals surface area contributed by atoms with Gasteiger partial charge in [0, 0.05) is 12.7 Å². The van der Waals surface area contributed by atoms with E-state index in [9.17, 15) is 9.18 Å². The maximum atomic E-state index is 13.4. The maximum absolute atomic E-state index is 13.4. The Labute approximate surface area is 139 Å². The smallest absolute Gasteiger partial charge is 0.238 e. The van der Waals surface area contributed by atoms with Crippen LogP contribution in [0.25, 0.3) is 0 Å². The number of halogens is 2. The van der Waals surface area contributed by atoms with E-state index in [0.29, 0.717) is 12.2 Å². The molecule has 1 aromatic carbocycles. The van der Waals surface area contributed by atoms with Crippen LogP contribution in [0.2, 0.25) is 5.15 Å². The molecular weight excluding hydrogens is 321 g/mol. The number of pyridine rings is 1. The monoisotopic (exact) mass is 337 g/mol. The third-order valence-electron chi connectivity index (χ3n) is 3.01. The van der Waals surface area contributed by atoms with Gasteiger partial charge in [-0.3, -0.25) is 9.69 Å². The topological polar surface area (TPSA) is 54.5 Å². The number of anilines is 1. The summed E-state index contributed by atoms with van der Waals surface area (Å²) in [6.07, 6.45) is 1.55. The number of nitrogens with one attached hydrogen (secondary N) is 1. The van der Waals surface area contributed by atoms with E-state index in [0.717, 1.165) is 0 Å². The molecule has 1 aromatic heterocycles. The minimum atomic E-state index is -0.404. The van der Waals surface area contributed by atoms with Gasteiger partial charge in [0.05, 0.1) is 12.2 Å². The molecule has 0 aliphatic carbocycles. The number of likely N-dealkylation sites (N-methyl/N-ethyl adjacent to an activating group) is 1. The average molecular weight is 338 g/mol. The molecule has 5 nitrogen and oxygen atoms in total. The van der Waals surface area contributed by atoms with Crippen molar-refractivity contribution in [3.8, 4) is 5.75 Å². The largest absolute Gasteiger partial charge is 0.489 e. The van der Waals surface area contributed by atoms with E-state index < -0.39 is 5.82 Å². The molecule has 2 aromatic rings. The number of nitrogens with zero attached hydrogens (tertiary/aromatic N) is 2. The quantitative estimate of drug-likeness (QED) is 0.789. The van der Waals surface area contributed by atoms with Crippen LogP contribution in [0, 0.1) is 5.82 Å². The third-order valence-corrected chi connectivity index (χ3v) is 3.32. The highest BCUT2D eigenvalue weighted by molar-refractivity contribution is 6.32. The van der Waals surface area contributed by atoms with Crippen LogP contribution in [0.4, 0.5) is 10.1 Å². The summed E-state index contributed by atoms with van der Waals surface area (Å²) in [5.74, 6) is -0.417. The van der Waals surface area contributed by atoms with Crippen molar-refractivity contribution in [1.82, 2.24) is 9.88 Å². The second kappa shape index (κ2) is 8.45. The van der Waals surface area contributed by atoms with E-state index in [1.165, 1.54) is 6.07 Å². The lowest BCUT2D eigenvalue weighted by Crippen LogP contribution is -2.33. The Morgan fingerprint density at radius 2 is 2.13 bits per heavy atom. The van der Waals surface area contributed by atoms with Gasteiger partial charge in [-0.25, -0.2) is 9.37 Å². The second-order valence-electron chi connectivity index (χ2n) is 4.91. The standard InChI is InChI=1S/C16H17ClFN3O2/c1-21(9-10-23-14-7-3-2-5-12(14)18)11-15(22)20-13-6-4-8-19-16(13)17/h2-8H,9-11H2,1H3,(H,20,22). The molecule has 0 radical (unpaired) electrons. The number of amides is 1. The molecule has 0 saturated carbocycles. The van der Waals surface area contributed by atoms with E-state index in [-0.39, 0.29) is 30.0 Å². The summed E-state index contributed by atoms with van der Waals surface area (Å²) >= 11 is 5.88. The van der Waals surface area contributed by atoms with Crippen LogP contribution in [0.3, 0.4) is 0 Å². The Morgan fingerprint density at radius 3 is 2.87 bits per heavy atom. The maximum Gasteiger partial charge on any atom is 0.238 e. The van der Waals surface area contributed by atoms with Gasteiger partial charge in [0.1, 0.15) is 6.61 Å². The first-order valence-corrected chi connectivity index (χ1v) is 7.40. The summed E-state index contributed by atoms with van der Waals surface area (Å²) in [6.45, 7) is 0.909. The lowest BCUT2D eigenvalue weighted by molar-refractivity contribution is -0.117. The predicted molar refractivity (Wildman–Crippen MR) is 87.3 cm³/mol. The Kier molecular flexibility index (Phi) is 6.31. The molecule has 0 atom stereocenters. The Bertz CT molecular complexity index is 669. The number of aromatic nitrogens is 1. The number of hydrogen-bond donors (Lipinski definition) is 1. The van der Waals surface area contributed by atoms with Gasteiger partial charge in [-0.15, -0.1) is 0 Å². The van der Waals surface area contributed by atoms with Crippen molar-refractivity contribution in [2.75, 3.05) is 32.1 Å². The highest BCUT2D eigenvalue weighted by Gasteiger charge is 2.10. The van der Waals surface area contributed by atoms with Crippen LogP contribution in [0.1, 0.15) is 0 Å². The number of rotatable bonds is 7. The van der Waals surface area contributed by atoms with E-state index in [1.54, 1.807) is 48.5 Å². The zero-order valence-electron chi connectivity index (χ0n) is 12.6. The summed E-state index contributed by atoms with van der Waals surface area (Å²) in [4.78, 5) is 17.6. The minimum Gasteiger partial charge on any atom is -0.489 e. The fourth-order valence-corrected chi connectivity index (χ4v) is 2.03. The summed E-state index contributed by atoms with van der Waals surface area (Å²) in [5, 5.41) is 2.92. The lowest BCUT2D eigenvalue weighted by Gasteiger charge is -2.17. The molecule has 0 fully saturated rings. The Hall–Kier alpha value is -2.18. The fourth-order valence-electron chi connectivity index (χ4n) is 1.87. The van der Waals surface area contributed by atoms with E-state index in [1.807, 2.05) is 0 Å². The number of carbonyl (C=O) groups is 1. The van der Waals surface area contributed by atoms with Crippen molar-refractivity contribution < 1.29 is 13.9 Å². The molecule has 1 N–H and O–H groups in total. The minimum absolute atomic E-state index is 0.159. The SMILES string of the molecule is CN(CCOc1ccccc1F)CC(=O)Nc1cccnc1Cl. The molecule has 0 aliphatic heterocycles. The van der Waals surface area contributed by atoms with Crippen LogP contribution >= 0.6 is 11.6 Å². The summed E-state index contributed by atoms with van der Waals surface area (Å²) in [7, 11) is 1.77. The third kappa shape index (κ3) is 5.50. The zero-order chi connectivity index (χ0) is 16.7. The summed E-state index contributed by atoms with van der Waals surface area (Å²) in [5.41, 5.74) is 0.468. The molecule has 0 aliphatic rings. The highest BCUT2D eigenvalue weighted by Crippen LogP contribution is 2.17. The summed E-state index contributed by atoms with van der Waals surface area (Å²) < 4.78 is 18.7. The molecule has 7 heteroatoms. The number of benzene rings is 1. The molecule has 23 heavy (non-hydrogen) atoms. The fraction of sp³-hybridized carbons (Fsp3) is 0.250. The van der Waals surface area contributed by atoms with Gasteiger partial charge in [0.25, 0.3) is 0 Å². The molecule has 1 heterocycles. The van der Waals surface area contributed by atoms with Crippen molar-refractivity contribution >= 4 is 23.2 Å². The van der Waals surface area contributed by atoms with Gasteiger partial charge in [0.15, 0.2) is 16.7 Å². The first-order chi connectivity index (χ1) is 11.1. The Balaban J connectivity index is 1.74. The van der Waals surface area contributed by atoms with Crippen LogP contribution in [-0.4, -0.2) is 42.5 Å². The zero-order valence-corrected chi connectivity index (χ0v) is 13.4. The average Bonchev–Trinajstić information content (AvgIpc) is 2.51. The molecule has 122 valence electrons. The molecule has 1 amide bonds. The van der Waals surface area contributed by atoms with Gasteiger partial charge >= 0.3 is 0 Å². The molecule has 2 rings (SSSR count). The molecule has 0 saturated heterocycles. The second-order valence-corrected chi connectivity index (χ2v) is 5.26. The van der Waals surface area contributed by atoms with Gasteiger partial charge in [0.2, 0.25) is 5.91 Å². The number of para-hydroxylation sites is 1. The van der Waals surface area contributed by atoms with E-state index in [4.69, 9.17) is 16.3 Å². The van der Waals surface area contributed by atoms with Crippen molar-refractivity contribution in [2.45, 2.75) is 0 Å².